The van der Waals surface area contributed by atoms with Crippen LogP contribution >= 0.6 is 0 Å². The van der Waals surface area contributed by atoms with Crippen molar-refractivity contribution in [2.45, 2.75) is 18.9 Å². The third-order valence-corrected chi connectivity index (χ3v) is 2.48. The summed E-state index contributed by atoms with van der Waals surface area (Å²) in [7, 11) is 0. The third kappa shape index (κ3) is 1.83. The van der Waals surface area contributed by atoms with Gasteiger partial charge in [0.15, 0.2) is 6.10 Å². The van der Waals surface area contributed by atoms with Gasteiger partial charge in [-0.05, 0) is 36.6 Å². The Hall–Kier alpha value is -1.84. The molecule has 4 heteroatoms. The average Bonchev–Trinajstić information content (AvgIpc) is 2.27. The van der Waals surface area contributed by atoms with Crippen LogP contribution in [0, 0.1) is 0 Å². The number of amides is 1. The van der Waals surface area contributed by atoms with E-state index in [1.165, 1.54) is 0 Å². The lowest BCUT2D eigenvalue weighted by Gasteiger charge is -2.23. The summed E-state index contributed by atoms with van der Waals surface area (Å²) >= 11 is 0. The minimum Gasteiger partial charge on any atom is -0.480 e. The molecular weight excluding hydrogens is 194 g/mol. The topological polar surface area (TPSA) is 69.4 Å². The Morgan fingerprint density at radius 3 is 3.00 bits per heavy atom. The molecule has 1 aromatic carbocycles. The first-order valence-electron chi connectivity index (χ1n) is 4.75. The number of fused-ring (bicyclic) bond motifs is 1. The molecule has 0 bridgehead atoms. The molecule has 1 atom stereocenters. The van der Waals surface area contributed by atoms with Gasteiger partial charge in [0.2, 0.25) is 0 Å². The van der Waals surface area contributed by atoms with Crippen LogP contribution < -0.4 is 10.5 Å². The van der Waals surface area contributed by atoms with Gasteiger partial charge in [0, 0.05) is 5.56 Å². The van der Waals surface area contributed by atoms with Gasteiger partial charge < -0.3 is 10.5 Å². The first kappa shape index (κ1) is 9.71. The number of carbonyl (C=O) groups excluding carboxylic acids is 2. The molecule has 78 valence electrons. The Balaban J connectivity index is 2.28. The second-order valence-corrected chi connectivity index (χ2v) is 3.53. The van der Waals surface area contributed by atoms with Gasteiger partial charge in [-0.25, -0.2) is 0 Å². The Bertz CT molecular complexity index is 414. The number of aryl methyl sites for hydroxylation is 1. The molecule has 0 fully saturated rings. The van der Waals surface area contributed by atoms with Gasteiger partial charge in [-0.2, -0.15) is 0 Å². The Labute approximate surface area is 87.0 Å². The molecule has 0 saturated heterocycles. The Morgan fingerprint density at radius 2 is 2.33 bits per heavy atom. The number of primary amides is 1. The molecule has 0 spiro atoms. The van der Waals surface area contributed by atoms with Crippen LogP contribution in [0.1, 0.15) is 22.3 Å². The maximum atomic E-state index is 10.9. The number of hydrogen-bond donors (Lipinski definition) is 1. The fourth-order valence-corrected chi connectivity index (χ4v) is 1.68. The van der Waals surface area contributed by atoms with Crippen LogP contribution in [0.15, 0.2) is 18.2 Å². The highest BCUT2D eigenvalue weighted by Crippen LogP contribution is 2.27. The van der Waals surface area contributed by atoms with E-state index in [0.717, 1.165) is 11.8 Å². The maximum absolute atomic E-state index is 10.9. The summed E-state index contributed by atoms with van der Waals surface area (Å²) in [6, 6.07) is 5.14. The first-order valence-corrected chi connectivity index (χ1v) is 4.75. The molecule has 1 aromatic rings. The number of carbonyl (C=O) groups is 2. The number of hydrogen-bond acceptors (Lipinski definition) is 3. The van der Waals surface area contributed by atoms with Crippen LogP contribution in [-0.2, 0) is 11.2 Å². The summed E-state index contributed by atoms with van der Waals surface area (Å²) < 4.78 is 5.40. The molecule has 1 aliphatic rings. The van der Waals surface area contributed by atoms with E-state index in [-0.39, 0.29) is 0 Å². The molecule has 1 amide bonds. The summed E-state index contributed by atoms with van der Waals surface area (Å²) in [6.07, 6.45) is 1.54. The number of rotatable bonds is 2. The van der Waals surface area contributed by atoms with E-state index in [0.29, 0.717) is 24.2 Å². The third-order valence-electron chi connectivity index (χ3n) is 2.48. The zero-order chi connectivity index (χ0) is 10.8. The number of nitrogens with two attached hydrogens (primary N) is 1. The molecule has 0 unspecified atom stereocenters. The number of benzene rings is 1. The van der Waals surface area contributed by atoms with Crippen molar-refractivity contribution in [1.29, 1.82) is 0 Å². The maximum Gasteiger partial charge on any atom is 0.258 e. The zero-order valence-electron chi connectivity index (χ0n) is 8.10. The van der Waals surface area contributed by atoms with Gasteiger partial charge >= 0.3 is 0 Å². The predicted octanol–water partition coefficient (Wildman–Crippen LogP) is 0.678. The standard InChI is InChI=1S/C11H11NO3/c12-11(14)10-4-2-8-5-7(6-13)1-3-9(8)15-10/h1,3,5-6,10H,2,4H2,(H2,12,14)/t10-/m0/s1. The summed E-state index contributed by atoms with van der Waals surface area (Å²) in [4.78, 5) is 21.5. The van der Waals surface area contributed by atoms with Crippen molar-refractivity contribution >= 4 is 12.2 Å². The highest BCUT2D eigenvalue weighted by atomic mass is 16.5. The summed E-state index contributed by atoms with van der Waals surface area (Å²) in [5.74, 6) is 0.204. The van der Waals surface area contributed by atoms with Crippen LogP contribution in [0.25, 0.3) is 0 Å². The fraction of sp³-hybridized carbons (Fsp3) is 0.273. The van der Waals surface area contributed by atoms with Crippen molar-refractivity contribution in [2.24, 2.45) is 5.73 Å². The van der Waals surface area contributed by atoms with Gasteiger partial charge in [0.1, 0.15) is 12.0 Å². The molecule has 2 N–H and O–H groups in total. The number of ether oxygens (including phenoxy) is 1. The molecule has 0 saturated carbocycles. The first-order chi connectivity index (χ1) is 7.20. The monoisotopic (exact) mass is 205 g/mol. The summed E-state index contributed by atoms with van der Waals surface area (Å²) in [5.41, 5.74) is 6.74. The molecule has 0 radical (unpaired) electrons. The predicted molar refractivity (Wildman–Crippen MR) is 53.8 cm³/mol. The van der Waals surface area contributed by atoms with Gasteiger partial charge in [-0.15, -0.1) is 0 Å². The highest BCUT2D eigenvalue weighted by molar-refractivity contribution is 5.80. The molecule has 4 nitrogen and oxygen atoms in total. The molecule has 2 rings (SSSR count). The summed E-state index contributed by atoms with van der Waals surface area (Å²) in [5, 5.41) is 0. The minimum atomic E-state index is -0.542. The SMILES string of the molecule is NC(=O)[C@@H]1CCc2cc(C=O)ccc2O1. The molecule has 1 aliphatic heterocycles. The van der Waals surface area contributed by atoms with Crippen molar-refractivity contribution in [1.82, 2.24) is 0 Å². The van der Waals surface area contributed by atoms with Crippen LogP contribution in [0.5, 0.6) is 5.75 Å². The second kappa shape index (κ2) is 3.73. The van der Waals surface area contributed by atoms with Crippen molar-refractivity contribution in [3.05, 3.63) is 29.3 Å². The van der Waals surface area contributed by atoms with E-state index < -0.39 is 12.0 Å². The summed E-state index contributed by atoms with van der Waals surface area (Å²) in [6.45, 7) is 0. The lowest BCUT2D eigenvalue weighted by atomic mass is 10.00. The van der Waals surface area contributed by atoms with E-state index >= 15 is 0 Å². The largest absolute Gasteiger partial charge is 0.480 e. The van der Waals surface area contributed by atoms with Gasteiger partial charge in [-0.1, -0.05) is 0 Å². The second-order valence-electron chi connectivity index (χ2n) is 3.53. The quantitative estimate of drug-likeness (QED) is 0.722. The lowest BCUT2D eigenvalue weighted by molar-refractivity contribution is -0.125. The van der Waals surface area contributed by atoms with Gasteiger partial charge in [0.25, 0.3) is 5.91 Å². The smallest absolute Gasteiger partial charge is 0.258 e. The van der Waals surface area contributed by atoms with E-state index in [4.69, 9.17) is 10.5 Å². The van der Waals surface area contributed by atoms with E-state index in [1.54, 1.807) is 18.2 Å². The Kier molecular flexibility index (Phi) is 2.41. The van der Waals surface area contributed by atoms with Crippen molar-refractivity contribution in [3.8, 4) is 5.75 Å². The molecule has 0 aliphatic carbocycles. The van der Waals surface area contributed by atoms with E-state index in [9.17, 15) is 9.59 Å². The molecular formula is C11H11NO3. The fourth-order valence-electron chi connectivity index (χ4n) is 1.68. The van der Waals surface area contributed by atoms with Gasteiger partial charge in [-0.3, -0.25) is 9.59 Å². The lowest BCUT2D eigenvalue weighted by Crippen LogP contribution is -2.36. The van der Waals surface area contributed by atoms with Crippen LogP contribution in [0.3, 0.4) is 0 Å². The highest BCUT2D eigenvalue weighted by Gasteiger charge is 2.23. The zero-order valence-corrected chi connectivity index (χ0v) is 8.10. The van der Waals surface area contributed by atoms with Gasteiger partial charge in [0.05, 0.1) is 0 Å². The van der Waals surface area contributed by atoms with Crippen molar-refractivity contribution in [3.63, 3.8) is 0 Å². The minimum absolute atomic E-state index is 0.444. The Morgan fingerprint density at radius 1 is 1.53 bits per heavy atom. The van der Waals surface area contributed by atoms with Crippen molar-refractivity contribution < 1.29 is 14.3 Å². The normalized spacial score (nSPS) is 18.8. The number of aldehydes is 1. The molecule has 0 aromatic heterocycles. The van der Waals surface area contributed by atoms with Crippen LogP contribution in [0.4, 0.5) is 0 Å². The molecule has 1 heterocycles. The van der Waals surface area contributed by atoms with Crippen molar-refractivity contribution in [2.75, 3.05) is 0 Å². The average molecular weight is 205 g/mol. The van der Waals surface area contributed by atoms with Crippen LogP contribution in [-0.4, -0.2) is 18.3 Å². The van der Waals surface area contributed by atoms with Crippen LogP contribution in [0.2, 0.25) is 0 Å². The van der Waals surface area contributed by atoms with E-state index in [1.807, 2.05) is 0 Å². The molecule has 15 heavy (non-hydrogen) atoms. The van der Waals surface area contributed by atoms with E-state index in [2.05, 4.69) is 0 Å².